The number of halogens is 2. The lowest BCUT2D eigenvalue weighted by atomic mass is 9.92. The molecular formula is C20H25ClFN3O4. The first kappa shape index (κ1) is 21.5. The number of benzene rings is 1. The lowest BCUT2D eigenvalue weighted by molar-refractivity contribution is 0.0280. The van der Waals surface area contributed by atoms with Crippen LogP contribution in [0.25, 0.3) is 10.9 Å². The fraction of sp³-hybridized carbons (Fsp3) is 0.500. The summed E-state index contributed by atoms with van der Waals surface area (Å²) in [5.74, 6) is -1.89. The lowest BCUT2D eigenvalue weighted by Gasteiger charge is -2.40. The third-order valence-corrected chi connectivity index (χ3v) is 5.67. The number of hydrogen-bond acceptors (Lipinski definition) is 5. The molecule has 1 atom stereocenters. The van der Waals surface area contributed by atoms with Gasteiger partial charge in [-0.1, -0.05) is 0 Å². The van der Waals surface area contributed by atoms with Crippen molar-refractivity contribution in [3.8, 4) is 0 Å². The Morgan fingerprint density at radius 3 is 2.72 bits per heavy atom. The zero-order valence-corrected chi connectivity index (χ0v) is 17.0. The minimum absolute atomic E-state index is 0. The second kappa shape index (κ2) is 7.93. The first-order chi connectivity index (χ1) is 13.3. The third-order valence-electron chi connectivity index (χ3n) is 5.67. The van der Waals surface area contributed by atoms with Gasteiger partial charge < -0.3 is 25.0 Å². The van der Waals surface area contributed by atoms with Crippen molar-refractivity contribution < 1.29 is 19.4 Å². The van der Waals surface area contributed by atoms with Crippen molar-refractivity contribution in [2.45, 2.75) is 37.3 Å². The quantitative estimate of drug-likeness (QED) is 0.679. The van der Waals surface area contributed by atoms with Crippen LogP contribution in [-0.2, 0) is 0 Å². The maximum atomic E-state index is 15.0. The zero-order valence-electron chi connectivity index (χ0n) is 16.2. The van der Waals surface area contributed by atoms with Crippen LogP contribution in [0.5, 0.6) is 0 Å². The summed E-state index contributed by atoms with van der Waals surface area (Å²) in [6, 6.07) is 2.90. The summed E-state index contributed by atoms with van der Waals surface area (Å²) in [6.45, 7) is 1.31. The molecule has 1 unspecified atom stereocenters. The van der Waals surface area contributed by atoms with E-state index in [0.29, 0.717) is 30.7 Å². The van der Waals surface area contributed by atoms with E-state index in [1.807, 2.05) is 4.90 Å². The number of carboxylic acid groups (broad SMARTS) is 1. The summed E-state index contributed by atoms with van der Waals surface area (Å²) in [5.41, 5.74) is -1.09. The summed E-state index contributed by atoms with van der Waals surface area (Å²) >= 11 is 0. The number of nitrogens with zero attached hydrogens (tertiary/aromatic N) is 2. The molecule has 158 valence electrons. The highest BCUT2D eigenvalue weighted by Crippen LogP contribution is 2.38. The predicted molar refractivity (Wildman–Crippen MR) is 111 cm³/mol. The molecule has 0 bridgehead atoms. The van der Waals surface area contributed by atoms with Gasteiger partial charge >= 0.3 is 5.97 Å². The highest BCUT2D eigenvalue weighted by molar-refractivity contribution is 5.93. The Kier molecular flexibility index (Phi) is 5.89. The fourth-order valence-corrected chi connectivity index (χ4v) is 4.20. The monoisotopic (exact) mass is 425 g/mol. The van der Waals surface area contributed by atoms with Gasteiger partial charge in [0.2, 0.25) is 5.43 Å². The second-order valence-corrected chi connectivity index (χ2v) is 7.92. The molecule has 0 amide bonds. The molecule has 4 rings (SSSR count). The van der Waals surface area contributed by atoms with Gasteiger partial charge in [-0.25, -0.2) is 9.18 Å². The van der Waals surface area contributed by atoms with Gasteiger partial charge in [0, 0.05) is 37.3 Å². The van der Waals surface area contributed by atoms with Gasteiger partial charge in [0.05, 0.1) is 16.8 Å². The van der Waals surface area contributed by atoms with Crippen molar-refractivity contribution in [2.75, 3.05) is 31.6 Å². The van der Waals surface area contributed by atoms with Crippen LogP contribution in [0.3, 0.4) is 0 Å². The smallest absolute Gasteiger partial charge is 0.341 e. The van der Waals surface area contributed by atoms with Crippen LogP contribution >= 0.6 is 12.4 Å². The van der Waals surface area contributed by atoms with Crippen molar-refractivity contribution in [2.24, 2.45) is 0 Å². The molecule has 0 spiro atoms. The maximum absolute atomic E-state index is 15.0. The molecule has 9 heteroatoms. The van der Waals surface area contributed by atoms with E-state index in [0.717, 1.165) is 25.3 Å². The molecule has 7 nitrogen and oxygen atoms in total. The minimum atomic E-state index is -1.31. The number of pyridine rings is 1. The molecule has 1 aliphatic heterocycles. The van der Waals surface area contributed by atoms with Crippen LogP contribution in [0.1, 0.15) is 42.1 Å². The highest BCUT2D eigenvalue weighted by atomic mass is 35.5. The molecule has 2 fully saturated rings. The number of piperidine rings is 1. The molecule has 1 aromatic carbocycles. The molecule has 2 heterocycles. The Labute approximate surface area is 173 Å². The number of fused-ring (bicyclic) bond motifs is 1. The van der Waals surface area contributed by atoms with E-state index in [2.05, 4.69) is 5.32 Å². The number of nitrogens with one attached hydrogen (secondary N) is 1. The number of anilines is 1. The van der Waals surface area contributed by atoms with E-state index in [1.165, 1.54) is 6.20 Å². The van der Waals surface area contributed by atoms with Crippen LogP contribution in [0.15, 0.2) is 23.1 Å². The predicted octanol–water partition coefficient (Wildman–Crippen LogP) is 2.15. The van der Waals surface area contributed by atoms with E-state index < -0.39 is 22.8 Å². The number of aromatic carboxylic acids is 1. The first-order valence-electron chi connectivity index (χ1n) is 9.56. The normalized spacial score (nSPS) is 21.8. The van der Waals surface area contributed by atoms with Gasteiger partial charge in [-0.3, -0.25) is 4.79 Å². The average molecular weight is 426 g/mol. The van der Waals surface area contributed by atoms with Gasteiger partial charge in [0.1, 0.15) is 11.4 Å². The molecule has 2 aromatic rings. The van der Waals surface area contributed by atoms with Crippen LogP contribution in [-0.4, -0.2) is 53.0 Å². The third kappa shape index (κ3) is 3.97. The van der Waals surface area contributed by atoms with Crippen molar-refractivity contribution >= 4 is 35.0 Å². The fourth-order valence-electron chi connectivity index (χ4n) is 4.20. The van der Waals surface area contributed by atoms with Crippen molar-refractivity contribution in [1.82, 2.24) is 9.88 Å². The highest BCUT2D eigenvalue weighted by Gasteiger charge is 2.34. The topological polar surface area (TPSA) is 94.8 Å². The van der Waals surface area contributed by atoms with Gasteiger partial charge in [-0.05, 0) is 44.9 Å². The number of hydrogen-bond donors (Lipinski definition) is 3. The summed E-state index contributed by atoms with van der Waals surface area (Å²) in [4.78, 5) is 25.8. The van der Waals surface area contributed by atoms with Crippen LogP contribution < -0.4 is 15.6 Å². The van der Waals surface area contributed by atoms with Crippen LogP contribution in [0.2, 0.25) is 0 Å². The van der Waals surface area contributed by atoms with Gasteiger partial charge in [0.15, 0.2) is 0 Å². The lowest BCUT2D eigenvalue weighted by Crippen LogP contribution is -2.53. The van der Waals surface area contributed by atoms with E-state index in [1.54, 1.807) is 17.7 Å². The molecule has 1 aromatic heterocycles. The van der Waals surface area contributed by atoms with E-state index in [-0.39, 0.29) is 35.9 Å². The molecular weight excluding hydrogens is 401 g/mol. The Morgan fingerprint density at radius 2 is 2.10 bits per heavy atom. The van der Waals surface area contributed by atoms with Gasteiger partial charge in [-0.15, -0.1) is 12.4 Å². The number of carbonyl (C=O) groups is 1. The van der Waals surface area contributed by atoms with Crippen LogP contribution in [0, 0.1) is 5.82 Å². The SMILES string of the molecule is CNCC1(O)CCCN(c2cc3c(cc2F)c(=O)c(C(=O)O)cn3C2CC2)C1.Cl. The molecule has 1 saturated heterocycles. The number of aliphatic hydroxyl groups is 1. The summed E-state index contributed by atoms with van der Waals surface area (Å²) in [6.07, 6.45) is 4.53. The van der Waals surface area contributed by atoms with Crippen LogP contribution in [0.4, 0.5) is 10.1 Å². The molecule has 1 saturated carbocycles. The van der Waals surface area contributed by atoms with Crippen molar-refractivity contribution in [3.63, 3.8) is 0 Å². The standard InChI is InChI=1S/C20H24FN3O4.ClH/c1-22-10-20(28)5-2-6-23(11-20)17-8-16-13(7-15(17)21)18(25)14(19(26)27)9-24(16)12-3-4-12;/h7-9,12,22,28H,2-6,10-11H2,1H3,(H,26,27);1H. The van der Waals surface area contributed by atoms with E-state index >= 15 is 0 Å². The van der Waals surface area contributed by atoms with Crippen molar-refractivity contribution in [3.05, 3.63) is 39.9 Å². The number of likely N-dealkylation sites (N-methyl/N-ethyl adjacent to an activating group) is 1. The minimum Gasteiger partial charge on any atom is -0.477 e. The summed E-state index contributed by atoms with van der Waals surface area (Å²) in [7, 11) is 1.77. The van der Waals surface area contributed by atoms with Gasteiger partial charge in [0.25, 0.3) is 0 Å². The average Bonchev–Trinajstić information content (AvgIpc) is 3.46. The number of carboxylic acids is 1. The Balaban J connectivity index is 0.00000240. The summed E-state index contributed by atoms with van der Waals surface area (Å²) in [5, 5.41) is 23.2. The second-order valence-electron chi connectivity index (χ2n) is 7.92. The molecule has 2 aliphatic rings. The Hall–Kier alpha value is -2.16. The van der Waals surface area contributed by atoms with E-state index in [4.69, 9.17) is 0 Å². The summed E-state index contributed by atoms with van der Waals surface area (Å²) < 4.78 is 16.8. The Bertz CT molecular complexity index is 1000. The van der Waals surface area contributed by atoms with Gasteiger partial charge in [-0.2, -0.15) is 0 Å². The molecule has 1 aliphatic carbocycles. The first-order valence-corrected chi connectivity index (χ1v) is 9.56. The largest absolute Gasteiger partial charge is 0.477 e. The number of aromatic nitrogens is 1. The van der Waals surface area contributed by atoms with E-state index in [9.17, 15) is 24.2 Å². The molecule has 3 N–H and O–H groups in total. The maximum Gasteiger partial charge on any atom is 0.341 e. The van der Waals surface area contributed by atoms with Crippen molar-refractivity contribution in [1.29, 1.82) is 0 Å². The number of β-amino-alcohol motifs (C(OH)–C–C–N with tert-alkyl or cyclic N) is 1. The zero-order chi connectivity index (χ0) is 20.1. The molecule has 0 radical (unpaired) electrons. The number of rotatable bonds is 5. The molecule has 29 heavy (non-hydrogen) atoms. The Morgan fingerprint density at radius 1 is 1.38 bits per heavy atom.